The molecule has 0 bridgehead atoms. The van der Waals surface area contributed by atoms with Crippen molar-refractivity contribution in [1.82, 2.24) is 19.7 Å². The van der Waals surface area contributed by atoms with Crippen LogP contribution in [0.4, 0.5) is 0 Å². The van der Waals surface area contributed by atoms with Gasteiger partial charge in [0, 0.05) is 35.4 Å². The van der Waals surface area contributed by atoms with E-state index in [4.69, 9.17) is 16.1 Å². The van der Waals surface area contributed by atoms with Crippen molar-refractivity contribution in [3.05, 3.63) is 66.1 Å². The first-order valence-electron chi connectivity index (χ1n) is 10.2. The number of fused-ring (bicyclic) bond motifs is 1. The predicted octanol–water partition coefficient (Wildman–Crippen LogP) is 6.57. The number of unbranched alkanes of at least 4 members (excludes halogenated alkanes) is 1. The van der Waals surface area contributed by atoms with Crippen molar-refractivity contribution >= 4 is 22.5 Å². The highest BCUT2D eigenvalue weighted by atomic mass is 35.5. The second-order valence-electron chi connectivity index (χ2n) is 7.85. The number of nitrogens with zero attached hydrogens (tertiary/aromatic N) is 4. The van der Waals surface area contributed by atoms with E-state index in [2.05, 4.69) is 58.4 Å². The fourth-order valence-electron chi connectivity index (χ4n) is 3.59. The SMILES string of the molecule is C=CCCCn1ccc2c(-c3noc(-c4cnc(CC(C)C)c(Cl)c4)n3)cccc21. The van der Waals surface area contributed by atoms with Gasteiger partial charge in [0.05, 0.1) is 16.3 Å². The first-order valence-corrected chi connectivity index (χ1v) is 10.6. The number of rotatable bonds is 8. The summed E-state index contributed by atoms with van der Waals surface area (Å²) in [5.41, 5.74) is 3.71. The Hall–Kier alpha value is -2.92. The standard InChI is InChI=1S/C24H25ClN4O/c1-4-5-6-11-29-12-10-18-19(8-7-9-22(18)29)23-27-24(30-28-23)17-14-20(25)21(26-15-17)13-16(2)3/h4,7-10,12,14-16H,1,5-6,11,13H2,2-3H3. The lowest BCUT2D eigenvalue weighted by Crippen LogP contribution is -1.98. The van der Waals surface area contributed by atoms with Crippen LogP contribution in [0.15, 0.2) is 59.9 Å². The van der Waals surface area contributed by atoms with Gasteiger partial charge in [-0.05, 0) is 43.4 Å². The van der Waals surface area contributed by atoms with Crippen LogP contribution in [-0.4, -0.2) is 19.7 Å². The molecule has 0 spiro atoms. The molecular weight excluding hydrogens is 396 g/mol. The zero-order chi connectivity index (χ0) is 21.1. The highest BCUT2D eigenvalue weighted by molar-refractivity contribution is 6.31. The lowest BCUT2D eigenvalue weighted by atomic mass is 10.1. The van der Waals surface area contributed by atoms with Crippen LogP contribution in [0.3, 0.4) is 0 Å². The topological polar surface area (TPSA) is 56.7 Å². The molecule has 0 radical (unpaired) electrons. The van der Waals surface area contributed by atoms with Crippen LogP contribution in [-0.2, 0) is 13.0 Å². The Balaban J connectivity index is 1.63. The summed E-state index contributed by atoms with van der Waals surface area (Å²) in [5.74, 6) is 1.46. The molecular formula is C24H25ClN4O. The molecule has 6 heteroatoms. The van der Waals surface area contributed by atoms with Gasteiger partial charge in [-0.1, -0.05) is 48.8 Å². The number of halogens is 1. The molecule has 0 fully saturated rings. The first kappa shape index (κ1) is 20.4. The molecule has 0 aliphatic rings. The minimum atomic E-state index is 0.415. The molecule has 0 atom stereocenters. The van der Waals surface area contributed by atoms with E-state index in [-0.39, 0.29) is 0 Å². The molecule has 154 valence electrons. The molecule has 1 aromatic carbocycles. The van der Waals surface area contributed by atoms with Gasteiger partial charge < -0.3 is 9.09 Å². The number of benzene rings is 1. The monoisotopic (exact) mass is 420 g/mol. The summed E-state index contributed by atoms with van der Waals surface area (Å²) in [5, 5.41) is 5.95. The van der Waals surface area contributed by atoms with Crippen molar-refractivity contribution in [3.63, 3.8) is 0 Å². The maximum absolute atomic E-state index is 6.42. The summed E-state index contributed by atoms with van der Waals surface area (Å²) in [4.78, 5) is 9.11. The van der Waals surface area contributed by atoms with Crippen LogP contribution in [0.5, 0.6) is 0 Å². The third-order valence-electron chi connectivity index (χ3n) is 5.05. The summed E-state index contributed by atoms with van der Waals surface area (Å²) >= 11 is 6.42. The average molecular weight is 421 g/mol. The number of hydrogen-bond acceptors (Lipinski definition) is 4. The maximum atomic E-state index is 6.42. The molecule has 30 heavy (non-hydrogen) atoms. The molecule has 0 aliphatic carbocycles. The van der Waals surface area contributed by atoms with Gasteiger partial charge >= 0.3 is 0 Å². The number of aryl methyl sites for hydroxylation is 1. The predicted molar refractivity (Wildman–Crippen MR) is 121 cm³/mol. The third-order valence-corrected chi connectivity index (χ3v) is 5.38. The summed E-state index contributed by atoms with van der Waals surface area (Å²) in [6.07, 6.45) is 8.70. The Morgan fingerprint density at radius 2 is 2.13 bits per heavy atom. The van der Waals surface area contributed by atoms with Gasteiger partial charge in [0.2, 0.25) is 5.82 Å². The zero-order valence-corrected chi connectivity index (χ0v) is 18.1. The number of aromatic nitrogens is 4. The van der Waals surface area contributed by atoms with E-state index in [1.54, 1.807) is 6.20 Å². The molecule has 3 heterocycles. The molecule has 3 aromatic heterocycles. The Labute approximate surface area is 181 Å². The molecule has 0 N–H and O–H groups in total. The fourth-order valence-corrected chi connectivity index (χ4v) is 3.83. The highest BCUT2D eigenvalue weighted by Gasteiger charge is 2.16. The van der Waals surface area contributed by atoms with E-state index in [1.807, 2.05) is 24.3 Å². The van der Waals surface area contributed by atoms with Gasteiger partial charge in [-0.2, -0.15) is 4.98 Å². The van der Waals surface area contributed by atoms with Crippen LogP contribution in [0.1, 0.15) is 32.4 Å². The minimum absolute atomic E-state index is 0.415. The van der Waals surface area contributed by atoms with Crippen molar-refractivity contribution in [2.75, 3.05) is 0 Å². The second kappa shape index (κ2) is 8.84. The number of pyridine rings is 1. The normalized spacial score (nSPS) is 11.5. The lowest BCUT2D eigenvalue weighted by molar-refractivity contribution is 0.432. The first-order chi connectivity index (χ1) is 14.6. The molecule has 0 saturated heterocycles. The van der Waals surface area contributed by atoms with Gasteiger partial charge in [0.1, 0.15) is 0 Å². The molecule has 0 aliphatic heterocycles. The van der Waals surface area contributed by atoms with Crippen LogP contribution in [0.25, 0.3) is 33.7 Å². The van der Waals surface area contributed by atoms with Gasteiger partial charge in [-0.25, -0.2) is 0 Å². The zero-order valence-electron chi connectivity index (χ0n) is 17.3. The van der Waals surface area contributed by atoms with Crippen molar-refractivity contribution in [1.29, 1.82) is 0 Å². The largest absolute Gasteiger partial charge is 0.347 e. The Morgan fingerprint density at radius 3 is 2.90 bits per heavy atom. The van der Waals surface area contributed by atoms with Crippen molar-refractivity contribution in [3.8, 4) is 22.8 Å². The van der Waals surface area contributed by atoms with Gasteiger partial charge in [-0.3, -0.25) is 4.98 Å². The number of allylic oxidation sites excluding steroid dienone is 1. The summed E-state index contributed by atoms with van der Waals surface area (Å²) < 4.78 is 7.79. The van der Waals surface area contributed by atoms with Gasteiger partial charge in [0.25, 0.3) is 5.89 Å². The quantitative estimate of drug-likeness (QED) is 0.239. The molecule has 4 aromatic rings. The van der Waals surface area contributed by atoms with E-state index >= 15 is 0 Å². The van der Waals surface area contributed by atoms with Crippen molar-refractivity contribution in [2.45, 2.75) is 39.7 Å². The van der Waals surface area contributed by atoms with Crippen molar-refractivity contribution in [2.24, 2.45) is 5.92 Å². The van der Waals surface area contributed by atoms with E-state index < -0.39 is 0 Å². The molecule has 4 rings (SSSR count). The summed E-state index contributed by atoms with van der Waals surface area (Å²) in [7, 11) is 0. The molecule has 0 unspecified atom stereocenters. The Kier molecular flexibility index (Phi) is 6.00. The van der Waals surface area contributed by atoms with Crippen LogP contribution in [0.2, 0.25) is 5.02 Å². The van der Waals surface area contributed by atoms with E-state index in [1.165, 1.54) is 0 Å². The molecule has 0 saturated carbocycles. The van der Waals surface area contributed by atoms with E-state index in [9.17, 15) is 0 Å². The lowest BCUT2D eigenvalue weighted by Gasteiger charge is -2.06. The highest BCUT2D eigenvalue weighted by Crippen LogP contribution is 2.30. The van der Waals surface area contributed by atoms with Crippen LogP contribution < -0.4 is 0 Å². The van der Waals surface area contributed by atoms with Crippen molar-refractivity contribution < 1.29 is 4.52 Å². The molecule has 0 amide bonds. The Morgan fingerprint density at radius 1 is 1.27 bits per heavy atom. The van der Waals surface area contributed by atoms with Crippen LogP contribution in [0, 0.1) is 5.92 Å². The second-order valence-corrected chi connectivity index (χ2v) is 8.26. The smallest absolute Gasteiger partial charge is 0.259 e. The van der Waals surface area contributed by atoms with E-state index in [0.717, 1.165) is 53.5 Å². The van der Waals surface area contributed by atoms with Gasteiger partial charge in [-0.15, -0.1) is 6.58 Å². The van der Waals surface area contributed by atoms with Crippen LogP contribution >= 0.6 is 11.6 Å². The fraction of sp³-hybridized carbons (Fsp3) is 0.292. The average Bonchev–Trinajstić information content (AvgIpc) is 3.37. The van der Waals surface area contributed by atoms with E-state index in [0.29, 0.717) is 22.7 Å². The van der Waals surface area contributed by atoms with Gasteiger partial charge in [0.15, 0.2) is 0 Å². The number of hydrogen-bond donors (Lipinski definition) is 0. The third kappa shape index (κ3) is 4.17. The summed E-state index contributed by atoms with van der Waals surface area (Å²) in [6.45, 7) is 9.03. The summed E-state index contributed by atoms with van der Waals surface area (Å²) in [6, 6.07) is 10.1. The maximum Gasteiger partial charge on any atom is 0.259 e. The molecule has 5 nitrogen and oxygen atoms in total. The Bertz CT molecular complexity index is 1180. The minimum Gasteiger partial charge on any atom is -0.347 e.